The van der Waals surface area contributed by atoms with E-state index in [-0.39, 0.29) is 0 Å². The standard InChI is InChI=1S/2C18H19NO/c2*1-2-3-4-13-20-18-11-9-17(10-12-18)16-7-5-15(14-19)6-8-16/h2*5-12H,2-4,13H2,1H3. The van der Waals surface area contributed by atoms with E-state index < -0.39 is 0 Å². The Morgan fingerprint density at radius 3 is 1.02 bits per heavy atom. The van der Waals surface area contributed by atoms with Crippen LogP contribution >= 0.6 is 0 Å². The van der Waals surface area contributed by atoms with Crippen molar-refractivity contribution in [2.45, 2.75) is 52.4 Å². The van der Waals surface area contributed by atoms with Crippen molar-refractivity contribution in [1.82, 2.24) is 0 Å². The molecule has 4 aromatic carbocycles. The summed E-state index contributed by atoms with van der Waals surface area (Å²) in [6.07, 6.45) is 7.05. The summed E-state index contributed by atoms with van der Waals surface area (Å²) in [5.41, 5.74) is 5.86. The maximum atomic E-state index is 8.79. The summed E-state index contributed by atoms with van der Waals surface area (Å²) in [6.45, 7) is 5.94. The second-order valence-electron chi connectivity index (χ2n) is 9.54. The van der Waals surface area contributed by atoms with Crippen LogP contribution < -0.4 is 9.47 Å². The van der Waals surface area contributed by atoms with Crippen LogP contribution in [0.25, 0.3) is 22.3 Å². The molecule has 0 spiro atoms. The van der Waals surface area contributed by atoms with Gasteiger partial charge in [0.15, 0.2) is 0 Å². The molecular weight excluding hydrogens is 492 g/mol. The smallest absolute Gasteiger partial charge is 0.119 e. The normalized spacial score (nSPS) is 10.0. The zero-order valence-electron chi connectivity index (χ0n) is 23.6. The summed E-state index contributed by atoms with van der Waals surface area (Å²) < 4.78 is 11.4. The third-order valence-corrected chi connectivity index (χ3v) is 6.44. The fourth-order valence-corrected chi connectivity index (χ4v) is 4.05. The highest BCUT2D eigenvalue weighted by atomic mass is 16.5. The largest absolute Gasteiger partial charge is 0.494 e. The molecule has 0 aliphatic carbocycles. The van der Waals surface area contributed by atoms with Crippen molar-refractivity contribution < 1.29 is 9.47 Å². The van der Waals surface area contributed by atoms with Gasteiger partial charge >= 0.3 is 0 Å². The van der Waals surface area contributed by atoms with Gasteiger partial charge in [0.25, 0.3) is 0 Å². The zero-order chi connectivity index (χ0) is 28.4. The summed E-state index contributed by atoms with van der Waals surface area (Å²) in [7, 11) is 0. The van der Waals surface area contributed by atoms with Crippen molar-refractivity contribution in [3.8, 4) is 45.9 Å². The SMILES string of the molecule is CCCCCOc1ccc(-c2ccc(C#N)cc2)cc1.CCCCCOc1ccc(-c2ccc(C#N)cc2)cc1. The number of nitrogens with zero attached hydrogens (tertiary/aromatic N) is 2. The second kappa shape index (κ2) is 17.1. The average Bonchev–Trinajstić information content (AvgIpc) is 3.02. The molecule has 0 N–H and O–H groups in total. The minimum atomic E-state index is 0.685. The number of rotatable bonds is 12. The maximum Gasteiger partial charge on any atom is 0.119 e. The molecule has 0 saturated heterocycles. The van der Waals surface area contributed by atoms with Crippen LogP contribution in [0.15, 0.2) is 97.1 Å². The molecule has 0 aliphatic rings. The van der Waals surface area contributed by atoms with Crippen molar-refractivity contribution in [2.24, 2.45) is 0 Å². The van der Waals surface area contributed by atoms with Crippen LogP contribution in [-0.2, 0) is 0 Å². The molecule has 40 heavy (non-hydrogen) atoms. The topological polar surface area (TPSA) is 66.0 Å². The number of benzene rings is 4. The summed E-state index contributed by atoms with van der Waals surface area (Å²) in [5.74, 6) is 1.83. The summed E-state index contributed by atoms with van der Waals surface area (Å²) in [5, 5.41) is 17.6. The van der Waals surface area contributed by atoms with Gasteiger partial charge in [-0.15, -0.1) is 0 Å². The lowest BCUT2D eigenvalue weighted by atomic mass is 10.0. The molecule has 204 valence electrons. The molecule has 4 rings (SSSR count). The predicted molar refractivity (Wildman–Crippen MR) is 163 cm³/mol. The molecule has 0 fully saturated rings. The van der Waals surface area contributed by atoms with Gasteiger partial charge in [0.05, 0.1) is 36.5 Å². The Morgan fingerprint density at radius 1 is 0.450 bits per heavy atom. The van der Waals surface area contributed by atoms with Crippen LogP contribution in [0, 0.1) is 22.7 Å². The molecule has 0 aromatic heterocycles. The Bertz CT molecular complexity index is 1240. The minimum absolute atomic E-state index is 0.685. The van der Waals surface area contributed by atoms with Gasteiger partial charge in [-0.25, -0.2) is 0 Å². The third-order valence-electron chi connectivity index (χ3n) is 6.44. The van der Waals surface area contributed by atoms with Crippen LogP contribution in [0.3, 0.4) is 0 Å². The van der Waals surface area contributed by atoms with Crippen LogP contribution in [0.2, 0.25) is 0 Å². The Kier molecular flexibility index (Phi) is 12.8. The number of hydrogen-bond donors (Lipinski definition) is 0. The Hall–Kier alpha value is -4.54. The maximum absolute atomic E-state index is 8.79. The van der Waals surface area contributed by atoms with Crippen LogP contribution in [-0.4, -0.2) is 13.2 Å². The van der Waals surface area contributed by atoms with Gasteiger partial charge < -0.3 is 9.47 Å². The first-order valence-electron chi connectivity index (χ1n) is 14.1. The number of nitriles is 2. The first-order chi connectivity index (χ1) is 19.7. The van der Waals surface area contributed by atoms with E-state index in [1.165, 1.54) is 25.7 Å². The number of hydrogen-bond acceptors (Lipinski definition) is 4. The van der Waals surface area contributed by atoms with E-state index in [0.29, 0.717) is 11.1 Å². The lowest BCUT2D eigenvalue weighted by molar-refractivity contribution is 0.306. The lowest BCUT2D eigenvalue weighted by Crippen LogP contribution is -1.96. The molecule has 0 aliphatic heterocycles. The van der Waals surface area contributed by atoms with Crippen molar-refractivity contribution in [3.05, 3.63) is 108 Å². The summed E-state index contributed by atoms with van der Waals surface area (Å²) in [4.78, 5) is 0. The van der Waals surface area contributed by atoms with E-state index >= 15 is 0 Å². The Balaban J connectivity index is 0.000000220. The van der Waals surface area contributed by atoms with Crippen LogP contribution in [0.1, 0.15) is 63.5 Å². The fraction of sp³-hybridized carbons (Fsp3) is 0.278. The third kappa shape index (κ3) is 9.97. The second-order valence-corrected chi connectivity index (χ2v) is 9.54. The van der Waals surface area contributed by atoms with Crippen molar-refractivity contribution in [1.29, 1.82) is 10.5 Å². The fourth-order valence-electron chi connectivity index (χ4n) is 4.05. The summed E-state index contributed by atoms with van der Waals surface area (Å²) >= 11 is 0. The van der Waals surface area contributed by atoms with E-state index in [1.54, 1.807) is 0 Å². The zero-order valence-corrected chi connectivity index (χ0v) is 23.6. The van der Waals surface area contributed by atoms with Crippen molar-refractivity contribution >= 4 is 0 Å². The van der Waals surface area contributed by atoms with Crippen LogP contribution in [0.4, 0.5) is 0 Å². The van der Waals surface area contributed by atoms with Crippen molar-refractivity contribution in [3.63, 3.8) is 0 Å². The Morgan fingerprint density at radius 2 is 0.750 bits per heavy atom. The molecular formula is C36H38N2O2. The first-order valence-corrected chi connectivity index (χ1v) is 14.1. The van der Waals surface area contributed by atoms with Gasteiger partial charge in [0, 0.05) is 0 Å². The van der Waals surface area contributed by atoms with Crippen molar-refractivity contribution in [2.75, 3.05) is 13.2 Å². The van der Waals surface area contributed by atoms with E-state index in [9.17, 15) is 0 Å². The van der Waals surface area contributed by atoms with Gasteiger partial charge in [0.2, 0.25) is 0 Å². The molecule has 0 radical (unpaired) electrons. The minimum Gasteiger partial charge on any atom is -0.494 e. The predicted octanol–water partition coefficient (Wildman–Crippen LogP) is 9.59. The van der Waals surface area contributed by atoms with Gasteiger partial charge in [-0.1, -0.05) is 88.1 Å². The summed E-state index contributed by atoms with van der Waals surface area (Å²) in [6, 6.07) is 35.7. The van der Waals surface area contributed by atoms with E-state index in [0.717, 1.165) is 59.8 Å². The molecule has 4 nitrogen and oxygen atoms in total. The average molecular weight is 531 g/mol. The highest BCUT2D eigenvalue weighted by Gasteiger charge is 2.01. The highest BCUT2D eigenvalue weighted by molar-refractivity contribution is 5.65. The molecule has 0 heterocycles. The van der Waals surface area contributed by atoms with Gasteiger partial charge in [0.1, 0.15) is 11.5 Å². The van der Waals surface area contributed by atoms with Gasteiger partial charge in [-0.2, -0.15) is 10.5 Å². The lowest BCUT2D eigenvalue weighted by Gasteiger charge is -2.07. The molecule has 0 saturated carbocycles. The first kappa shape index (κ1) is 30.0. The van der Waals surface area contributed by atoms with Gasteiger partial charge in [-0.3, -0.25) is 0 Å². The molecule has 4 heteroatoms. The van der Waals surface area contributed by atoms with E-state index in [4.69, 9.17) is 20.0 Å². The van der Waals surface area contributed by atoms with E-state index in [1.807, 2.05) is 72.8 Å². The molecule has 4 aromatic rings. The Labute approximate surface area is 239 Å². The van der Waals surface area contributed by atoms with E-state index in [2.05, 4.69) is 50.3 Å². The van der Waals surface area contributed by atoms with Gasteiger partial charge in [-0.05, 0) is 83.6 Å². The molecule has 0 unspecified atom stereocenters. The number of unbranched alkanes of at least 4 members (excludes halogenated alkanes) is 4. The van der Waals surface area contributed by atoms with Crippen LogP contribution in [0.5, 0.6) is 11.5 Å². The monoisotopic (exact) mass is 530 g/mol. The molecule has 0 bridgehead atoms. The molecule has 0 amide bonds. The highest BCUT2D eigenvalue weighted by Crippen LogP contribution is 2.24. The molecule has 0 atom stereocenters. The quantitative estimate of drug-likeness (QED) is 0.171. The number of ether oxygens (including phenoxy) is 2.